The van der Waals surface area contributed by atoms with Crippen molar-refractivity contribution in [2.45, 2.75) is 6.92 Å². The summed E-state index contributed by atoms with van der Waals surface area (Å²) in [6, 6.07) is 18.1. The molecule has 0 unspecified atom stereocenters. The summed E-state index contributed by atoms with van der Waals surface area (Å²) in [6.07, 6.45) is 1.67. The van der Waals surface area contributed by atoms with Crippen LogP contribution in [0.1, 0.15) is 17.3 Å². The molecule has 1 amide bonds. The minimum atomic E-state index is -0.224. The number of carbonyl (C=O) groups is 1. The number of hydrogen-bond donors (Lipinski definition) is 1. The number of aromatic nitrogens is 2. The molecule has 27 heavy (non-hydrogen) atoms. The number of nitrogens with zero attached hydrogens (tertiary/aromatic N) is 2. The maximum Gasteiger partial charge on any atom is 0.259 e. The van der Waals surface area contributed by atoms with Crippen molar-refractivity contribution in [3.63, 3.8) is 0 Å². The third-order valence-corrected chi connectivity index (χ3v) is 3.99. The van der Waals surface area contributed by atoms with Crippen LogP contribution in [0.2, 0.25) is 0 Å². The number of nitrogens with one attached hydrogen (secondary N) is 1. The van der Waals surface area contributed by atoms with Gasteiger partial charge in [0.15, 0.2) is 11.2 Å². The predicted molar refractivity (Wildman–Crippen MR) is 103 cm³/mol. The van der Waals surface area contributed by atoms with Crippen molar-refractivity contribution in [2.75, 3.05) is 11.9 Å². The topological polar surface area (TPSA) is 77.2 Å². The van der Waals surface area contributed by atoms with Crippen LogP contribution < -0.4 is 10.1 Å². The summed E-state index contributed by atoms with van der Waals surface area (Å²) in [5.41, 5.74) is 3.17. The highest BCUT2D eigenvalue weighted by atomic mass is 16.5. The number of rotatable bonds is 5. The second-order valence-electron chi connectivity index (χ2n) is 5.80. The molecule has 0 atom stereocenters. The van der Waals surface area contributed by atoms with Crippen molar-refractivity contribution >= 4 is 22.8 Å². The van der Waals surface area contributed by atoms with E-state index in [2.05, 4.69) is 15.3 Å². The Hall–Kier alpha value is -3.67. The van der Waals surface area contributed by atoms with Gasteiger partial charge in [-0.1, -0.05) is 12.1 Å². The SMILES string of the molecule is CCOc1ccccc1C(=O)Nc1ccc(-c2nc3ncccc3o2)cc1. The number of carbonyl (C=O) groups excluding carboxylic acids is 1. The minimum absolute atomic E-state index is 0.224. The smallest absolute Gasteiger partial charge is 0.259 e. The summed E-state index contributed by atoms with van der Waals surface area (Å²) in [6.45, 7) is 2.38. The molecule has 0 saturated heterocycles. The van der Waals surface area contributed by atoms with Gasteiger partial charge >= 0.3 is 0 Å². The lowest BCUT2D eigenvalue weighted by Gasteiger charge is -2.10. The maximum atomic E-state index is 12.6. The van der Waals surface area contributed by atoms with Gasteiger partial charge < -0.3 is 14.5 Å². The van der Waals surface area contributed by atoms with Gasteiger partial charge in [0.25, 0.3) is 5.91 Å². The van der Waals surface area contributed by atoms with E-state index in [4.69, 9.17) is 9.15 Å². The Labute approximate surface area is 155 Å². The van der Waals surface area contributed by atoms with Gasteiger partial charge in [0, 0.05) is 17.4 Å². The third-order valence-electron chi connectivity index (χ3n) is 3.99. The van der Waals surface area contributed by atoms with Crippen LogP contribution in [0.5, 0.6) is 5.75 Å². The van der Waals surface area contributed by atoms with E-state index >= 15 is 0 Å². The zero-order chi connectivity index (χ0) is 18.6. The van der Waals surface area contributed by atoms with Crippen LogP contribution >= 0.6 is 0 Å². The summed E-state index contributed by atoms with van der Waals surface area (Å²) in [7, 11) is 0. The number of para-hydroxylation sites is 1. The van der Waals surface area contributed by atoms with E-state index in [0.29, 0.717) is 40.7 Å². The summed E-state index contributed by atoms with van der Waals surface area (Å²) >= 11 is 0. The number of oxazole rings is 1. The number of fused-ring (bicyclic) bond motifs is 1. The van der Waals surface area contributed by atoms with Gasteiger partial charge in [-0.05, 0) is 55.5 Å². The van der Waals surface area contributed by atoms with Crippen LogP contribution in [0, 0.1) is 0 Å². The van der Waals surface area contributed by atoms with E-state index in [1.807, 2.05) is 37.3 Å². The molecule has 0 aliphatic carbocycles. The molecular formula is C21H17N3O3. The van der Waals surface area contributed by atoms with Crippen LogP contribution in [0.15, 0.2) is 71.3 Å². The molecule has 134 valence electrons. The first kappa shape index (κ1) is 16.8. The second-order valence-corrected chi connectivity index (χ2v) is 5.80. The molecule has 6 heteroatoms. The van der Waals surface area contributed by atoms with Crippen LogP contribution in [0.25, 0.3) is 22.7 Å². The third kappa shape index (κ3) is 3.50. The van der Waals surface area contributed by atoms with Gasteiger partial charge in [0.2, 0.25) is 5.89 Å². The first-order chi connectivity index (χ1) is 13.2. The summed E-state index contributed by atoms with van der Waals surface area (Å²) in [4.78, 5) is 21.1. The van der Waals surface area contributed by atoms with Gasteiger partial charge in [0.05, 0.1) is 12.2 Å². The minimum Gasteiger partial charge on any atom is -0.493 e. The van der Waals surface area contributed by atoms with E-state index in [0.717, 1.165) is 5.56 Å². The first-order valence-electron chi connectivity index (χ1n) is 8.60. The first-order valence-corrected chi connectivity index (χ1v) is 8.60. The molecule has 0 fully saturated rings. The normalized spacial score (nSPS) is 10.7. The van der Waals surface area contributed by atoms with Crippen molar-refractivity contribution in [1.29, 1.82) is 0 Å². The van der Waals surface area contributed by atoms with Gasteiger partial charge in [0.1, 0.15) is 5.75 Å². The van der Waals surface area contributed by atoms with E-state index in [-0.39, 0.29) is 5.91 Å². The quantitative estimate of drug-likeness (QED) is 0.566. The van der Waals surface area contributed by atoms with Crippen molar-refractivity contribution in [3.8, 4) is 17.2 Å². The van der Waals surface area contributed by atoms with Crippen LogP contribution in [0.4, 0.5) is 5.69 Å². The predicted octanol–water partition coefficient (Wildman–Crippen LogP) is 4.54. The van der Waals surface area contributed by atoms with Crippen LogP contribution in [-0.4, -0.2) is 22.5 Å². The molecule has 2 aromatic carbocycles. The van der Waals surface area contributed by atoms with E-state index in [9.17, 15) is 4.79 Å². The van der Waals surface area contributed by atoms with Gasteiger partial charge in [-0.15, -0.1) is 0 Å². The molecule has 2 heterocycles. The maximum absolute atomic E-state index is 12.6. The van der Waals surface area contributed by atoms with Crippen molar-refractivity contribution in [2.24, 2.45) is 0 Å². The molecule has 4 aromatic rings. The van der Waals surface area contributed by atoms with Crippen molar-refractivity contribution in [1.82, 2.24) is 9.97 Å². The lowest BCUT2D eigenvalue weighted by atomic mass is 10.1. The van der Waals surface area contributed by atoms with E-state index in [1.54, 1.807) is 36.5 Å². The fraction of sp³-hybridized carbons (Fsp3) is 0.0952. The zero-order valence-corrected chi connectivity index (χ0v) is 14.7. The average Bonchev–Trinajstić information content (AvgIpc) is 3.13. The second kappa shape index (κ2) is 7.29. The molecule has 0 radical (unpaired) electrons. The van der Waals surface area contributed by atoms with E-state index in [1.165, 1.54) is 0 Å². The standard InChI is InChI=1S/C21H17N3O3/c1-2-26-17-7-4-3-6-16(17)20(25)23-15-11-9-14(10-12-15)21-24-19-18(27-21)8-5-13-22-19/h3-13H,2H2,1H3,(H,23,25). The number of anilines is 1. The molecule has 6 nitrogen and oxygen atoms in total. The lowest BCUT2D eigenvalue weighted by molar-refractivity contribution is 0.102. The highest BCUT2D eigenvalue weighted by Crippen LogP contribution is 2.25. The Morgan fingerprint density at radius 3 is 2.67 bits per heavy atom. The van der Waals surface area contributed by atoms with Gasteiger partial charge in [-0.25, -0.2) is 4.98 Å². The zero-order valence-electron chi connectivity index (χ0n) is 14.7. The highest BCUT2D eigenvalue weighted by molar-refractivity contribution is 6.06. The molecule has 0 saturated carbocycles. The largest absolute Gasteiger partial charge is 0.493 e. The molecule has 0 spiro atoms. The van der Waals surface area contributed by atoms with Crippen molar-refractivity contribution < 1.29 is 13.9 Å². The number of hydrogen-bond acceptors (Lipinski definition) is 5. The Balaban J connectivity index is 1.53. The Bertz CT molecular complexity index is 1050. The van der Waals surface area contributed by atoms with Crippen LogP contribution in [0.3, 0.4) is 0 Å². The Kier molecular flexibility index (Phi) is 4.53. The number of amides is 1. The molecule has 2 aromatic heterocycles. The monoisotopic (exact) mass is 359 g/mol. The van der Waals surface area contributed by atoms with Crippen LogP contribution in [-0.2, 0) is 0 Å². The Morgan fingerprint density at radius 2 is 1.89 bits per heavy atom. The van der Waals surface area contributed by atoms with Crippen molar-refractivity contribution in [3.05, 3.63) is 72.4 Å². The number of pyridine rings is 1. The fourth-order valence-corrected chi connectivity index (χ4v) is 2.72. The van der Waals surface area contributed by atoms with Gasteiger partial charge in [-0.2, -0.15) is 4.98 Å². The molecule has 0 aliphatic rings. The van der Waals surface area contributed by atoms with Gasteiger partial charge in [-0.3, -0.25) is 4.79 Å². The Morgan fingerprint density at radius 1 is 1.07 bits per heavy atom. The fourth-order valence-electron chi connectivity index (χ4n) is 2.72. The molecule has 4 rings (SSSR count). The summed E-state index contributed by atoms with van der Waals surface area (Å²) < 4.78 is 11.2. The lowest BCUT2D eigenvalue weighted by Crippen LogP contribution is -2.13. The highest BCUT2D eigenvalue weighted by Gasteiger charge is 2.13. The summed E-state index contributed by atoms with van der Waals surface area (Å²) in [5, 5.41) is 2.88. The molecule has 1 N–H and O–H groups in total. The molecular weight excluding hydrogens is 342 g/mol. The number of benzene rings is 2. The molecule has 0 bridgehead atoms. The number of ether oxygens (including phenoxy) is 1. The van der Waals surface area contributed by atoms with E-state index < -0.39 is 0 Å². The summed E-state index contributed by atoms with van der Waals surface area (Å²) in [5.74, 6) is 0.828. The average molecular weight is 359 g/mol. The molecule has 0 aliphatic heterocycles.